The monoisotopic (exact) mass is 340 g/mol. The van der Waals surface area contributed by atoms with Gasteiger partial charge in [-0.25, -0.2) is 0 Å². The predicted molar refractivity (Wildman–Crippen MR) is 91.7 cm³/mol. The minimum atomic E-state index is -0.159. The van der Waals surface area contributed by atoms with Crippen molar-refractivity contribution in [2.24, 2.45) is 0 Å². The zero-order valence-corrected chi connectivity index (χ0v) is 14.5. The number of carbonyl (C=O) groups is 2. The summed E-state index contributed by atoms with van der Waals surface area (Å²) < 4.78 is 5.39. The first-order chi connectivity index (χ1) is 11.0. The molecule has 0 radical (unpaired) electrons. The Bertz CT molecular complexity index is 489. The highest BCUT2D eigenvalue weighted by Crippen LogP contribution is 2.09. The predicted octanol–water partition coefficient (Wildman–Crippen LogP) is 2.78. The van der Waals surface area contributed by atoms with Gasteiger partial charge in [-0.05, 0) is 51.0 Å². The van der Waals surface area contributed by atoms with Gasteiger partial charge in [-0.1, -0.05) is 11.6 Å². The van der Waals surface area contributed by atoms with Gasteiger partial charge < -0.3 is 15.4 Å². The number of amides is 2. The molecule has 1 rings (SSSR count). The fraction of sp³-hybridized carbons (Fsp3) is 0.529. The van der Waals surface area contributed by atoms with E-state index in [4.69, 9.17) is 16.3 Å². The normalized spacial score (nSPS) is 10.6. The van der Waals surface area contributed by atoms with Crippen LogP contribution in [0.2, 0.25) is 5.02 Å². The molecule has 2 amide bonds. The number of hydrogen-bond acceptors (Lipinski definition) is 3. The van der Waals surface area contributed by atoms with Crippen LogP contribution in [0, 0.1) is 0 Å². The molecule has 1 aromatic rings. The van der Waals surface area contributed by atoms with E-state index in [1.165, 1.54) is 0 Å². The van der Waals surface area contributed by atoms with E-state index < -0.39 is 0 Å². The quantitative estimate of drug-likeness (QED) is 0.643. The van der Waals surface area contributed by atoms with Crippen molar-refractivity contribution in [3.63, 3.8) is 0 Å². The van der Waals surface area contributed by atoms with Gasteiger partial charge in [0.1, 0.15) is 0 Å². The van der Waals surface area contributed by atoms with E-state index in [0.29, 0.717) is 43.1 Å². The van der Waals surface area contributed by atoms with Crippen molar-refractivity contribution in [1.82, 2.24) is 10.6 Å². The molecular weight excluding hydrogens is 316 g/mol. The Morgan fingerprint density at radius 2 is 1.74 bits per heavy atom. The average Bonchev–Trinajstić information content (AvgIpc) is 2.51. The maximum atomic E-state index is 11.8. The Hall–Kier alpha value is -1.59. The molecular formula is C17H25ClN2O3. The summed E-state index contributed by atoms with van der Waals surface area (Å²) in [5.74, 6) is -0.164. The highest BCUT2D eigenvalue weighted by atomic mass is 35.5. The molecule has 0 aliphatic carbocycles. The zero-order chi connectivity index (χ0) is 17.1. The zero-order valence-electron chi connectivity index (χ0n) is 13.7. The van der Waals surface area contributed by atoms with Crippen molar-refractivity contribution in [1.29, 1.82) is 0 Å². The Balaban J connectivity index is 2.06. The summed E-state index contributed by atoms with van der Waals surface area (Å²) in [6, 6.07) is 6.69. The molecule has 0 fully saturated rings. The Labute approximate surface area is 142 Å². The molecule has 0 heterocycles. The van der Waals surface area contributed by atoms with Crippen molar-refractivity contribution >= 4 is 23.4 Å². The standard InChI is InChI=1S/C17H25ClN2O3/c1-13(2)23-12-4-11-19-16(21)5-3-10-20-17(22)14-6-8-15(18)9-7-14/h6-9,13H,3-5,10-12H2,1-2H3,(H,19,21)(H,20,22). The summed E-state index contributed by atoms with van der Waals surface area (Å²) in [7, 11) is 0. The minimum Gasteiger partial charge on any atom is -0.379 e. The molecule has 23 heavy (non-hydrogen) atoms. The molecule has 128 valence electrons. The number of nitrogens with one attached hydrogen (secondary N) is 2. The lowest BCUT2D eigenvalue weighted by Gasteiger charge is -2.08. The van der Waals surface area contributed by atoms with Crippen LogP contribution in [0.4, 0.5) is 0 Å². The van der Waals surface area contributed by atoms with Crippen LogP contribution < -0.4 is 10.6 Å². The minimum absolute atomic E-state index is 0.00436. The summed E-state index contributed by atoms with van der Waals surface area (Å²) in [6.07, 6.45) is 2.02. The van der Waals surface area contributed by atoms with Crippen LogP contribution in [-0.4, -0.2) is 37.6 Å². The van der Waals surface area contributed by atoms with Gasteiger partial charge in [0.25, 0.3) is 5.91 Å². The molecule has 6 heteroatoms. The first-order valence-electron chi connectivity index (χ1n) is 7.91. The molecule has 0 aromatic heterocycles. The number of halogens is 1. The topological polar surface area (TPSA) is 67.4 Å². The molecule has 1 aromatic carbocycles. The SMILES string of the molecule is CC(C)OCCCNC(=O)CCCNC(=O)c1ccc(Cl)cc1. The number of benzene rings is 1. The summed E-state index contributed by atoms with van der Waals surface area (Å²) in [4.78, 5) is 23.4. The van der Waals surface area contributed by atoms with Gasteiger partial charge in [-0.2, -0.15) is 0 Å². The van der Waals surface area contributed by atoms with Gasteiger partial charge in [-0.15, -0.1) is 0 Å². The third-order valence-corrected chi connectivity index (χ3v) is 3.32. The van der Waals surface area contributed by atoms with Gasteiger partial charge in [-0.3, -0.25) is 9.59 Å². The summed E-state index contributed by atoms with van der Waals surface area (Å²) in [5.41, 5.74) is 0.559. The fourth-order valence-corrected chi connectivity index (χ4v) is 1.99. The van der Waals surface area contributed by atoms with Gasteiger partial charge in [0.15, 0.2) is 0 Å². The van der Waals surface area contributed by atoms with E-state index in [2.05, 4.69) is 10.6 Å². The highest BCUT2D eigenvalue weighted by molar-refractivity contribution is 6.30. The second-order valence-corrected chi connectivity index (χ2v) is 5.93. The van der Waals surface area contributed by atoms with E-state index >= 15 is 0 Å². The Morgan fingerprint density at radius 1 is 1.09 bits per heavy atom. The van der Waals surface area contributed by atoms with Gasteiger partial charge >= 0.3 is 0 Å². The fourth-order valence-electron chi connectivity index (χ4n) is 1.86. The van der Waals surface area contributed by atoms with Crippen LogP contribution in [0.25, 0.3) is 0 Å². The molecule has 0 unspecified atom stereocenters. The van der Waals surface area contributed by atoms with Crippen LogP contribution in [-0.2, 0) is 9.53 Å². The molecule has 0 saturated carbocycles. The maximum Gasteiger partial charge on any atom is 0.251 e. The van der Waals surface area contributed by atoms with Crippen LogP contribution in [0.3, 0.4) is 0 Å². The summed E-state index contributed by atoms with van der Waals surface area (Å²) >= 11 is 5.77. The summed E-state index contributed by atoms with van der Waals surface area (Å²) in [6.45, 7) is 5.69. The lowest BCUT2D eigenvalue weighted by atomic mass is 10.2. The molecule has 0 atom stereocenters. The van der Waals surface area contributed by atoms with E-state index in [0.717, 1.165) is 6.42 Å². The van der Waals surface area contributed by atoms with E-state index in [1.54, 1.807) is 24.3 Å². The van der Waals surface area contributed by atoms with Crippen LogP contribution in [0.15, 0.2) is 24.3 Å². The Morgan fingerprint density at radius 3 is 2.39 bits per heavy atom. The second kappa shape index (κ2) is 11.0. The van der Waals surface area contributed by atoms with Crippen molar-refractivity contribution in [3.8, 4) is 0 Å². The lowest BCUT2D eigenvalue weighted by Crippen LogP contribution is -2.28. The first kappa shape index (κ1) is 19.5. The number of hydrogen-bond donors (Lipinski definition) is 2. The highest BCUT2D eigenvalue weighted by Gasteiger charge is 2.05. The Kier molecular flexibility index (Phi) is 9.33. The molecule has 0 saturated heterocycles. The molecule has 0 spiro atoms. The molecule has 5 nitrogen and oxygen atoms in total. The average molecular weight is 341 g/mol. The largest absolute Gasteiger partial charge is 0.379 e. The van der Waals surface area contributed by atoms with Crippen molar-refractivity contribution < 1.29 is 14.3 Å². The second-order valence-electron chi connectivity index (χ2n) is 5.49. The van der Waals surface area contributed by atoms with Gasteiger partial charge in [0, 0.05) is 36.7 Å². The van der Waals surface area contributed by atoms with Crippen LogP contribution in [0.1, 0.15) is 43.5 Å². The van der Waals surface area contributed by atoms with Crippen LogP contribution >= 0.6 is 11.6 Å². The van der Waals surface area contributed by atoms with Gasteiger partial charge in [0.2, 0.25) is 5.91 Å². The van der Waals surface area contributed by atoms with E-state index in [-0.39, 0.29) is 17.9 Å². The lowest BCUT2D eigenvalue weighted by molar-refractivity contribution is -0.121. The van der Waals surface area contributed by atoms with Crippen molar-refractivity contribution in [2.45, 2.75) is 39.2 Å². The number of rotatable bonds is 10. The molecule has 0 aliphatic rings. The van der Waals surface area contributed by atoms with Gasteiger partial charge in [0.05, 0.1) is 6.10 Å². The van der Waals surface area contributed by atoms with E-state index in [1.807, 2.05) is 13.8 Å². The third kappa shape index (κ3) is 9.21. The molecule has 2 N–H and O–H groups in total. The smallest absolute Gasteiger partial charge is 0.251 e. The summed E-state index contributed by atoms with van der Waals surface area (Å²) in [5, 5.41) is 6.21. The number of carbonyl (C=O) groups excluding carboxylic acids is 2. The van der Waals surface area contributed by atoms with E-state index in [9.17, 15) is 9.59 Å². The van der Waals surface area contributed by atoms with Crippen molar-refractivity contribution in [3.05, 3.63) is 34.9 Å². The number of ether oxygens (including phenoxy) is 1. The maximum absolute atomic E-state index is 11.8. The molecule has 0 aliphatic heterocycles. The third-order valence-electron chi connectivity index (χ3n) is 3.07. The molecule has 0 bridgehead atoms. The van der Waals surface area contributed by atoms with Crippen LogP contribution in [0.5, 0.6) is 0 Å². The van der Waals surface area contributed by atoms with Crippen molar-refractivity contribution in [2.75, 3.05) is 19.7 Å². The first-order valence-corrected chi connectivity index (χ1v) is 8.29.